The van der Waals surface area contributed by atoms with E-state index in [1.807, 2.05) is 0 Å². The zero-order valence-electron chi connectivity index (χ0n) is 33.3. The summed E-state index contributed by atoms with van der Waals surface area (Å²) >= 11 is 0. The van der Waals surface area contributed by atoms with E-state index in [1.165, 1.54) is 70.9 Å². The molecule has 11 rings (SSSR count). The summed E-state index contributed by atoms with van der Waals surface area (Å²) in [5, 5.41) is 12.6. The van der Waals surface area contributed by atoms with E-state index in [2.05, 4.69) is 209 Å². The lowest BCUT2D eigenvalue weighted by atomic mass is 9.77. The van der Waals surface area contributed by atoms with Crippen molar-refractivity contribution < 1.29 is 4.42 Å². The molecule has 0 N–H and O–H groups in total. The number of aromatic nitrogens is 1. The van der Waals surface area contributed by atoms with E-state index >= 15 is 0 Å². The number of benzene rings is 9. The molecule has 0 atom stereocenters. The maximum absolute atomic E-state index is 6.77. The van der Waals surface area contributed by atoms with Crippen LogP contribution in [0.4, 0.5) is 17.1 Å². The average molecular weight is 737 g/mol. The van der Waals surface area contributed by atoms with Crippen LogP contribution in [0.15, 0.2) is 162 Å². The Bertz CT molecular complexity index is 3350. The number of hydrogen-bond acceptors (Lipinski definition) is 2. The van der Waals surface area contributed by atoms with Crippen LogP contribution in [0, 0.1) is 0 Å². The summed E-state index contributed by atoms with van der Waals surface area (Å²) in [5.41, 5.74) is 11.1. The minimum atomic E-state index is -0.163. The maximum atomic E-state index is 6.77. The number of anilines is 3. The van der Waals surface area contributed by atoms with E-state index < -0.39 is 0 Å². The Hall–Kier alpha value is -6.58. The molecule has 0 aliphatic rings. The Morgan fingerprint density at radius 1 is 0.456 bits per heavy atom. The third-order valence-corrected chi connectivity index (χ3v) is 12.1. The molecule has 3 nitrogen and oxygen atoms in total. The lowest BCUT2D eigenvalue weighted by Gasteiger charge is -2.32. The molecule has 2 heterocycles. The van der Waals surface area contributed by atoms with E-state index in [-0.39, 0.29) is 10.8 Å². The van der Waals surface area contributed by atoms with Gasteiger partial charge in [0.05, 0.1) is 22.4 Å². The minimum absolute atomic E-state index is 0.143. The molecular formula is C54H44N2O. The van der Waals surface area contributed by atoms with Gasteiger partial charge in [-0.3, -0.25) is 0 Å². The van der Waals surface area contributed by atoms with Crippen molar-refractivity contribution in [3.05, 3.63) is 169 Å². The molecule has 11 aromatic rings. The van der Waals surface area contributed by atoms with E-state index in [1.54, 1.807) is 0 Å². The smallest absolute Gasteiger partial charge is 0.159 e. The molecule has 0 aliphatic carbocycles. The van der Waals surface area contributed by atoms with Gasteiger partial charge in [-0.2, -0.15) is 0 Å². The third kappa shape index (κ3) is 4.85. The first-order valence-electron chi connectivity index (χ1n) is 20.1. The van der Waals surface area contributed by atoms with Crippen molar-refractivity contribution in [3.63, 3.8) is 0 Å². The van der Waals surface area contributed by atoms with Crippen LogP contribution in [-0.2, 0) is 10.8 Å². The molecule has 0 radical (unpaired) electrons. The van der Waals surface area contributed by atoms with E-state index in [4.69, 9.17) is 4.42 Å². The first-order valence-corrected chi connectivity index (χ1v) is 20.1. The summed E-state index contributed by atoms with van der Waals surface area (Å²) in [5.74, 6) is 0. The predicted octanol–water partition coefficient (Wildman–Crippen LogP) is 15.6. The Morgan fingerprint density at radius 3 is 1.82 bits per heavy atom. The molecular weight excluding hydrogens is 693 g/mol. The molecule has 9 aromatic carbocycles. The van der Waals surface area contributed by atoms with Gasteiger partial charge in [-0.15, -0.1) is 0 Å². The van der Waals surface area contributed by atoms with Crippen molar-refractivity contribution in [2.24, 2.45) is 0 Å². The normalized spacial score (nSPS) is 12.7. The van der Waals surface area contributed by atoms with E-state index in [0.29, 0.717) is 0 Å². The van der Waals surface area contributed by atoms with Crippen LogP contribution in [0.5, 0.6) is 0 Å². The number of rotatable bonds is 4. The number of para-hydroxylation sites is 5. The summed E-state index contributed by atoms with van der Waals surface area (Å²) in [6, 6.07) is 57.7. The Balaban J connectivity index is 1.35. The van der Waals surface area contributed by atoms with Crippen LogP contribution in [0.2, 0.25) is 0 Å². The van der Waals surface area contributed by atoms with E-state index in [0.717, 1.165) is 39.0 Å². The number of hydrogen-bond donors (Lipinski definition) is 0. The molecule has 0 amide bonds. The van der Waals surface area contributed by atoms with Crippen molar-refractivity contribution in [3.8, 4) is 5.69 Å². The fraction of sp³-hybridized carbons (Fsp3) is 0.148. The van der Waals surface area contributed by atoms with Gasteiger partial charge in [0.25, 0.3) is 0 Å². The molecule has 0 fully saturated rings. The molecule has 0 saturated heterocycles. The second kappa shape index (κ2) is 12.0. The van der Waals surface area contributed by atoms with Crippen LogP contribution in [-0.4, -0.2) is 4.57 Å². The molecule has 3 heteroatoms. The summed E-state index contributed by atoms with van der Waals surface area (Å²) < 4.78 is 9.28. The summed E-state index contributed by atoms with van der Waals surface area (Å²) in [7, 11) is 0. The van der Waals surface area contributed by atoms with E-state index in [9.17, 15) is 0 Å². The number of furan rings is 1. The quantitative estimate of drug-likeness (QED) is 0.168. The van der Waals surface area contributed by atoms with Gasteiger partial charge >= 0.3 is 0 Å². The monoisotopic (exact) mass is 736 g/mol. The van der Waals surface area contributed by atoms with Crippen molar-refractivity contribution in [1.82, 2.24) is 4.57 Å². The number of fused-ring (bicyclic) bond motifs is 7. The fourth-order valence-corrected chi connectivity index (χ4v) is 9.82. The Morgan fingerprint density at radius 2 is 1.07 bits per heavy atom. The minimum Gasteiger partial charge on any atom is -0.454 e. The van der Waals surface area contributed by atoms with Crippen molar-refractivity contribution in [1.29, 1.82) is 0 Å². The van der Waals surface area contributed by atoms with Gasteiger partial charge < -0.3 is 13.9 Å². The van der Waals surface area contributed by atoms with Crippen LogP contribution >= 0.6 is 0 Å². The second-order valence-electron chi connectivity index (χ2n) is 17.7. The van der Waals surface area contributed by atoms with Crippen molar-refractivity contribution >= 4 is 93.1 Å². The Labute approximate surface area is 332 Å². The lowest BCUT2D eigenvalue weighted by molar-refractivity contribution is 0.596. The van der Waals surface area contributed by atoms with Crippen LogP contribution in [0.1, 0.15) is 52.7 Å². The highest BCUT2D eigenvalue weighted by atomic mass is 16.3. The van der Waals surface area contributed by atoms with Crippen molar-refractivity contribution in [2.75, 3.05) is 4.90 Å². The summed E-state index contributed by atoms with van der Waals surface area (Å²) in [6.45, 7) is 14.2. The first-order chi connectivity index (χ1) is 27.6. The molecule has 0 spiro atoms. The molecule has 0 bridgehead atoms. The molecule has 276 valence electrons. The molecule has 0 unspecified atom stereocenters. The maximum Gasteiger partial charge on any atom is 0.159 e. The Kier molecular flexibility index (Phi) is 7.08. The average Bonchev–Trinajstić information content (AvgIpc) is 3.76. The predicted molar refractivity (Wildman–Crippen MR) is 244 cm³/mol. The second-order valence-corrected chi connectivity index (χ2v) is 17.7. The molecule has 0 aliphatic heterocycles. The lowest BCUT2D eigenvalue weighted by Crippen LogP contribution is -2.17. The van der Waals surface area contributed by atoms with Gasteiger partial charge in [0.2, 0.25) is 0 Å². The van der Waals surface area contributed by atoms with Gasteiger partial charge in [0, 0.05) is 38.3 Å². The highest BCUT2D eigenvalue weighted by Crippen LogP contribution is 2.53. The molecule has 57 heavy (non-hydrogen) atoms. The van der Waals surface area contributed by atoms with Crippen LogP contribution in [0.3, 0.4) is 0 Å². The third-order valence-electron chi connectivity index (χ3n) is 12.1. The van der Waals surface area contributed by atoms with Gasteiger partial charge in [-0.05, 0) is 97.4 Å². The standard InChI is InChI=1S/C54H44N2O/c1-53(2,3)42-32-45(55(33-18-9-7-10-19-33)44-26-17-24-36-35-22-14-16-27-46(35)57-52(36)44)39-29-31-41-48-40(30-28-37(42)47(39)48)49-38-23-13-15-25-43(38)56(34-20-11-8-12-21-34)51(49)50(41)54(4,5)6/h7-32H,1-6H3. The largest absolute Gasteiger partial charge is 0.454 e. The van der Waals surface area contributed by atoms with Gasteiger partial charge in [-0.25, -0.2) is 0 Å². The molecule has 0 saturated carbocycles. The number of nitrogens with zero attached hydrogens (tertiary/aromatic N) is 2. The topological polar surface area (TPSA) is 21.3 Å². The fourth-order valence-electron chi connectivity index (χ4n) is 9.82. The van der Waals surface area contributed by atoms with Gasteiger partial charge in [0.1, 0.15) is 5.58 Å². The summed E-state index contributed by atoms with van der Waals surface area (Å²) in [6.07, 6.45) is 0. The van der Waals surface area contributed by atoms with Crippen molar-refractivity contribution in [2.45, 2.75) is 52.4 Å². The van der Waals surface area contributed by atoms with Crippen LogP contribution in [0.25, 0.3) is 81.7 Å². The zero-order valence-corrected chi connectivity index (χ0v) is 33.3. The summed E-state index contributed by atoms with van der Waals surface area (Å²) in [4.78, 5) is 2.44. The van der Waals surface area contributed by atoms with Crippen LogP contribution < -0.4 is 4.90 Å². The molecule has 2 aromatic heterocycles. The van der Waals surface area contributed by atoms with Gasteiger partial charge in [0.15, 0.2) is 5.58 Å². The highest BCUT2D eigenvalue weighted by Gasteiger charge is 2.31. The first kappa shape index (κ1) is 33.7. The SMILES string of the molecule is CC(C)(C)c1cc(N(c2ccccc2)c2cccc3c2oc2ccccc23)c2ccc3c(C(C)(C)C)c4c(c5ccc1c2c35)c1ccccc1n4-c1ccccc1. The zero-order chi connectivity index (χ0) is 38.8. The van der Waals surface area contributed by atoms with Gasteiger partial charge in [-0.1, -0.05) is 151 Å². The highest BCUT2D eigenvalue weighted by molar-refractivity contribution is 6.36.